The van der Waals surface area contributed by atoms with Crippen LogP contribution in [0, 0.1) is 12.8 Å². The molecule has 4 nitrogen and oxygen atoms in total. The van der Waals surface area contributed by atoms with Gasteiger partial charge in [-0.15, -0.1) is 0 Å². The molecular formula is C14H19NO3. The van der Waals surface area contributed by atoms with Crippen molar-refractivity contribution in [1.82, 2.24) is 4.90 Å². The highest BCUT2D eigenvalue weighted by molar-refractivity contribution is 5.97. The fraction of sp³-hybridized carbons (Fsp3) is 0.429. The molecule has 0 unspecified atom stereocenters. The normalized spacial score (nSPS) is 10.4. The lowest BCUT2D eigenvalue weighted by Gasteiger charge is -2.23. The predicted octanol–water partition coefficient (Wildman–Crippen LogP) is 2.18. The second-order valence-corrected chi connectivity index (χ2v) is 4.79. The van der Waals surface area contributed by atoms with Crippen LogP contribution < -0.4 is 0 Å². The van der Waals surface area contributed by atoms with Crippen LogP contribution >= 0.6 is 0 Å². The van der Waals surface area contributed by atoms with Crippen LogP contribution in [0.25, 0.3) is 0 Å². The number of hydrogen-bond donors (Lipinski definition) is 1. The molecule has 0 aromatic heterocycles. The Labute approximate surface area is 107 Å². The van der Waals surface area contributed by atoms with Gasteiger partial charge in [0.2, 0.25) is 0 Å². The number of rotatable bonds is 5. The standard InChI is InChI=1S/C14H19NO3/c1-10(2)8-15(9-13(16)17)14(18)12-7-5-4-6-11(12)3/h4-7,10H,8-9H2,1-3H3,(H,16,17). The maximum atomic E-state index is 12.3. The maximum Gasteiger partial charge on any atom is 0.323 e. The summed E-state index contributed by atoms with van der Waals surface area (Å²) in [6.07, 6.45) is 0. The molecule has 1 rings (SSSR count). The predicted molar refractivity (Wildman–Crippen MR) is 69.6 cm³/mol. The van der Waals surface area contributed by atoms with Crippen molar-refractivity contribution in [1.29, 1.82) is 0 Å². The van der Waals surface area contributed by atoms with Gasteiger partial charge in [-0.25, -0.2) is 0 Å². The average Bonchev–Trinajstić information content (AvgIpc) is 2.26. The van der Waals surface area contributed by atoms with Crippen LogP contribution in [0.5, 0.6) is 0 Å². The van der Waals surface area contributed by atoms with Crippen molar-refractivity contribution in [2.75, 3.05) is 13.1 Å². The second kappa shape index (κ2) is 6.19. The molecule has 0 saturated carbocycles. The quantitative estimate of drug-likeness (QED) is 0.870. The molecule has 0 fully saturated rings. The number of carboxylic acid groups (broad SMARTS) is 1. The summed E-state index contributed by atoms with van der Waals surface area (Å²) < 4.78 is 0. The number of carbonyl (C=O) groups is 2. The zero-order chi connectivity index (χ0) is 13.7. The molecule has 1 N–H and O–H groups in total. The van der Waals surface area contributed by atoms with Gasteiger partial charge in [0, 0.05) is 12.1 Å². The van der Waals surface area contributed by atoms with E-state index in [-0.39, 0.29) is 18.4 Å². The van der Waals surface area contributed by atoms with Crippen molar-refractivity contribution >= 4 is 11.9 Å². The van der Waals surface area contributed by atoms with E-state index in [0.717, 1.165) is 5.56 Å². The Hall–Kier alpha value is -1.84. The van der Waals surface area contributed by atoms with Gasteiger partial charge in [-0.1, -0.05) is 32.0 Å². The molecule has 98 valence electrons. The Morgan fingerprint density at radius 1 is 1.28 bits per heavy atom. The van der Waals surface area contributed by atoms with Crippen LogP contribution in [-0.2, 0) is 4.79 Å². The zero-order valence-corrected chi connectivity index (χ0v) is 11.0. The number of benzene rings is 1. The lowest BCUT2D eigenvalue weighted by molar-refractivity contribution is -0.137. The summed E-state index contributed by atoms with van der Waals surface area (Å²) >= 11 is 0. The summed E-state index contributed by atoms with van der Waals surface area (Å²) in [6.45, 7) is 5.95. The molecule has 0 aliphatic heterocycles. The van der Waals surface area contributed by atoms with E-state index in [1.165, 1.54) is 4.90 Å². The second-order valence-electron chi connectivity index (χ2n) is 4.79. The minimum absolute atomic E-state index is 0.218. The molecule has 0 aliphatic rings. The van der Waals surface area contributed by atoms with E-state index in [4.69, 9.17) is 5.11 Å². The van der Waals surface area contributed by atoms with Crippen LogP contribution in [0.4, 0.5) is 0 Å². The summed E-state index contributed by atoms with van der Waals surface area (Å²) in [5, 5.41) is 8.87. The van der Waals surface area contributed by atoms with E-state index in [1.807, 2.05) is 32.9 Å². The van der Waals surface area contributed by atoms with E-state index in [2.05, 4.69) is 0 Å². The molecule has 1 aromatic rings. The van der Waals surface area contributed by atoms with Crippen LogP contribution in [0.1, 0.15) is 29.8 Å². The molecule has 0 radical (unpaired) electrons. The van der Waals surface area contributed by atoms with Crippen LogP contribution in [0.2, 0.25) is 0 Å². The highest BCUT2D eigenvalue weighted by atomic mass is 16.4. The zero-order valence-electron chi connectivity index (χ0n) is 11.0. The molecule has 4 heteroatoms. The van der Waals surface area contributed by atoms with Gasteiger partial charge in [-0.2, -0.15) is 0 Å². The lowest BCUT2D eigenvalue weighted by Crippen LogP contribution is -2.38. The van der Waals surface area contributed by atoms with Gasteiger partial charge >= 0.3 is 5.97 Å². The summed E-state index contributed by atoms with van der Waals surface area (Å²) in [6, 6.07) is 7.22. The summed E-state index contributed by atoms with van der Waals surface area (Å²) in [4.78, 5) is 24.5. The van der Waals surface area contributed by atoms with Gasteiger partial charge in [-0.3, -0.25) is 9.59 Å². The number of amides is 1. The van der Waals surface area contributed by atoms with E-state index in [0.29, 0.717) is 12.1 Å². The Bertz CT molecular complexity index is 440. The molecule has 0 bridgehead atoms. The van der Waals surface area contributed by atoms with Crippen LogP contribution in [-0.4, -0.2) is 35.0 Å². The number of nitrogens with zero attached hydrogens (tertiary/aromatic N) is 1. The van der Waals surface area contributed by atoms with Crippen LogP contribution in [0.15, 0.2) is 24.3 Å². The first-order chi connectivity index (χ1) is 8.41. The third-order valence-electron chi connectivity index (χ3n) is 2.57. The molecule has 0 atom stereocenters. The molecule has 0 aliphatic carbocycles. The van der Waals surface area contributed by atoms with E-state index in [1.54, 1.807) is 12.1 Å². The van der Waals surface area contributed by atoms with Gasteiger partial charge in [-0.05, 0) is 24.5 Å². The van der Waals surface area contributed by atoms with Crippen LogP contribution in [0.3, 0.4) is 0 Å². The maximum absolute atomic E-state index is 12.3. The van der Waals surface area contributed by atoms with E-state index < -0.39 is 5.97 Å². The Kier molecular flexibility index (Phi) is 4.89. The monoisotopic (exact) mass is 249 g/mol. The number of carboxylic acids is 1. The van der Waals surface area contributed by atoms with Crippen molar-refractivity contribution in [3.05, 3.63) is 35.4 Å². The fourth-order valence-corrected chi connectivity index (χ4v) is 1.81. The summed E-state index contributed by atoms with van der Waals surface area (Å²) in [5.41, 5.74) is 1.43. The minimum atomic E-state index is -0.988. The van der Waals surface area contributed by atoms with E-state index >= 15 is 0 Å². The molecule has 18 heavy (non-hydrogen) atoms. The van der Waals surface area contributed by atoms with Gasteiger partial charge in [0.1, 0.15) is 6.54 Å². The average molecular weight is 249 g/mol. The Morgan fingerprint density at radius 3 is 2.39 bits per heavy atom. The number of aliphatic carboxylic acids is 1. The third kappa shape index (κ3) is 3.87. The smallest absolute Gasteiger partial charge is 0.323 e. The Morgan fingerprint density at radius 2 is 1.89 bits per heavy atom. The highest BCUT2D eigenvalue weighted by Gasteiger charge is 2.20. The highest BCUT2D eigenvalue weighted by Crippen LogP contribution is 2.12. The summed E-state index contributed by atoms with van der Waals surface area (Å²) in [5.74, 6) is -0.973. The molecule has 0 spiro atoms. The van der Waals surface area contributed by atoms with Gasteiger partial charge in [0.05, 0.1) is 0 Å². The third-order valence-corrected chi connectivity index (χ3v) is 2.57. The molecule has 1 amide bonds. The SMILES string of the molecule is Cc1ccccc1C(=O)N(CC(=O)O)CC(C)C. The van der Waals surface area contributed by atoms with Crippen molar-refractivity contribution < 1.29 is 14.7 Å². The molecule has 0 heterocycles. The number of aryl methyl sites for hydroxylation is 1. The number of carbonyl (C=O) groups excluding carboxylic acids is 1. The van der Waals surface area contributed by atoms with Gasteiger partial charge in [0.15, 0.2) is 0 Å². The Balaban J connectivity index is 2.95. The fourth-order valence-electron chi connectivity index (χ4n) is 1.81. The molecule has 0 saturated heterocycles. The van der Waals surface area contributed by atoms with Crippen molar-refractivity contribution in [2.45, 2.75) is 20.8 Å². The van der Waals surface area contributed by atoms with Gasteiger partial charge < -0.3 is 10.0 Å². The summed E-state index contributed by atoms with van der Waals surface area (Å²) in [7, 11) is 0. The lowest BCUT2D eigenvalue weighted by atomic mass is 10.1. The van der Waals surface area contributed by atoms with Crippen molar-refractivity contribution in [3.63, 3.8) is 0 Å². The van der Waals surface area contributed by atoms with E-state index in [9.17, 15) is 9.59 Å². The van der Waals surface area contributed by atoms with Crippen molar-refractivity contribution in [3.8, 4) is 0 Å². The first-order valence-electron chi connectivity index (χ1n) is 5.98. The molecule has 1 aromatic carbocycles. The first-order valence-corrected chi connectivity index (χ1v) is 5.98. The van der Waals surface area contributed by atoms with Crippen molar-refractivity contribution in [2.24, 2.45) is 5.92 Å². The molecular weight excluding hydrogens is 230 g/mol. The largest absolute Gasteiger partial charge is 0.480 e. The minimum Gasteiger partial charge on any atom is -0.480 e. The van der Waals surface area contributed by atoms with Gasteiger partial charge in [0.25, 0.3) is 5.91 Å². The number of hydrogen-bond acceptors (Lipinski definition) is 2. The topological polar surface area (TPSA) is 57.6 Å². The first kappa shape index (κ1) is 14.2.